The molecular weight excluding hydrogens is 319 g/mol. The van der Waals surface area contributed by atoms with E-state index in [0.717, 1.165) is 18.2 Å². The molecule has 0 aromatic heterocycles. The topological polar surface area (TPSA) is 92.5 Å². The maximum Gasteiger partial charge on any atom is 0.271 e. The van der Waals surface area contributed by atoms with Crippen molar-refractivity contribution in [1.29, 1.82) is 0 Å². The highest BCUT2D eigenvalue weighted by molar-refractivity contribution is 6.35. The number of non-ortho nitro benzene ring substituents is 1. The highest BCUT2D eigenvalue weighted by Crippen LogP contribution is 2.28. The second-order valence-electron chi connectivity index (χ2n) is 4.07. The van der Waals surface area contributed by atoms with Gasteiger partial charge in [-0.15, -0.1) is 0 Å². The molecule has 0 radical (unpaired) electrons. The van der Waals surface area contributed by atoms with E-state index in [2.05, 4.69) is 5.32 Å². The number of benzene rings is 2. The fraction of sp³-hybridized carbons (Fsp3) is 0. The molecule has 0 bridgehead atoms. The zero-order valence-corrected chi connectivity index (χ0v) is 11.9. The Bertz CT molecular complexity index is 714. The third-order valence-corrected chi connectivity index (χ3v) is 3.00. The summed E-state index contributed by atoms with van der Waals surface area (Å²) >= 11 is 11.6. The quantitative estimate of drug-likeness (QED) is 0.508. The number of nitro benzene ring substituents is 1. The number of amides is 1. The second kappa shape index (κ2) is 5.99. The van der Waals surface area contributed by atoms with Crippen molar-refractivity contribution in [2.75, 3.05) is 5.32 Å². The first-order chi connectivity index (χ1) is 9.86. The van der Waals surface area contributed by atoms with Crippen molar-refractivity contribution in [2.24, 2.45) is 0 Å². The van der Waals surface area contributed by atoms with Gasteiger partial charge >= 0.3 is 0 Å². The van der Waals surface area contributed by atoms with Crippen molar-refractivity contribution in [3.63, 3.8) is 0 Å². The molecule has 2 aromatic rings. The van der Waals surface area contributed by atoms with Crippen LogP contribution in [-0.2, 0) is 0 Å². The summed E-state index contributed by atoms with van der Waals surface area (Å²) in [4.78, 5) is 22.1. The highest BCUT2D eigenvalue weighted by Gasteiger charge is 2.14. The zero-order valence-electron chi connectivity index (χ0n) is 10.3. The standard InChI is InChI=1S/C13H8Cl2N2O4/c14-8-3-7(4-9(15)5-8)13(19)16-11-6-10(17(20)21)1-2-12(11)18/h1-6,18H,(H,16,19). The van der Waals surface area contributed by atoms with Gasteiger partial charge in [0, 0.05) is 27.7 Å². The number of nitrogens with one attached hydrogen (secondary N) is 1. The Kier molecular flexibility index (Phi) is 4.30. The molecule has 0 heterocycles. The second-order valence-corrected chi connectivity index (χ2v) is 4.94. The minimum absolute atomic E-state index is 0.0784. The molecule has 6 nitrogen and oxygen atoms in total. The van der Waals surface area contributed by atoms with Crippen LogP contribution in [0.1, 0.15) is 10.4 Å². The molecule has 0 fully saturated rings. The molecule has 0 aliphatic heterocycles. The summed E-state index contributed by atoms with van der Waals surface area (Å²) in [6.07, 6.45) is 0. The Balaban J connectivity index is 2.31. The van der Waals surface area contributed by atoms with Crippen LogP contribution in [0.3, 0.4) is 0 Å². The van der Waals surface area contributed by atoms with Gasteiger partial charge < -0.3 is 10.4 Å². The van der Waals surface area contributed by atoms with Crippen LogP contribution in [0.4, 0.5) is 11.4 Å². The average Bonchev–Trinajstić information content (AvgIpc) is 2.39. The monoisotopic (exact) mass is 326 g/mol. The molecule has 108 valence electrons. The molecule has 0 aliphatic rings. The lowest BCUT2D eigenvalue weighted by Crippen LogP contribution is -2.12. The zero-order chi connectivity index (χ0) is 15.6. The number of nitrogens with zero attached hydrogens (tertiary/aromatic N) is 1. The summed E-state index contributed by atoms with van der Waals surface area (Å²) in [5.41, 5.74) is -0.170. The molecule has 0 aliphatic carbocycles. The van der Waals surface area contributed by atoms with E-state index in [9.17, 15) is 20.0 Å². The van der Waals surface area contributed by atoms with Crippen LogP contribution in [0, 0.1) is 10.1 Å². The molecule has 2 N–H and O–H groups in total. The van der Waals surface area contributed by atoms with Crippen LogP contribution in [0.2, 0.25) is 10.0 Å². The molecule has 8 heteroatoms. The molecular formula is C13H8Cl2N2O4. The van der Waals surface area contributed by atoms with E-state index in [1.807, 2.05) is 0 Å². The molecule has 1 amide bonds. The summed E-state index contributed by atoms with van der Waals surface area (Å²) in [5.74, 6) is -0.891. The normalized spacial score (nSPS) is 10.2. The number of carbonyl (C=O) groups is 1. The van der Waals surface area contributed by atoms with Crippen molar-refractivity contribution >= 4 is 40.5 Å². The van der Waals surface area contributed by atoms with Gasteiger partial charge in [0.2, 0.25) is 0 Å². The minimum atomic E-state index is -0.634. The summed E-state index contributed by atoms with van der Waals surface area (Å²) in [7, 11) is 0. The van der Waals surface area contributed by atoms with Crippen LogP contribution >= 0.6 is 23.2 Å². The lowest BCUT2D eigenvalue weighted by atomic mass is 10.2. The van der Waals surface area contributed by atoms with E-state index in [1.54, 1.807) is 0 Å². The van der Waals surface area contributed by atoms with Gasteiger partial charge in [-0.2, -0.15) is 0 Å². The fourth-order valence-electron chi connectivity index (χ4n) is 1.62. The van der Waals surface area contributed by atoms with Gasteiger partial charge in [0.25, 0.3) is 11.6 Å². The number of hydrogen-bond donors (Lipinski definition) is 2. The van der Waals surface area contributed by atoms with Gasteiger partial charge in [0.1, 0.15) is 5.75 Å². The molecule has 0 saturated carbocycles. The number of rotatable bonds is 3. The lowest BCUT2D eigenvalue weighted by molar-refractivity contribution is -0.384. The largest absolute Gasteiger partial charge is 0.506 e. The van der Waals surface area contributed by atoms with Crippen molar-refractivity contribution in [3.05, 3.63) is 62.1 Å². The van der Waals surface area contributed by atoms with Gasteiger partial charge in [-0.05, 0) is 24.3 Å². The summed E-state index contributed by atoms with van der Waals surface area (Å²) in [6, 6.07) is 7.54. The maximum atomic E-state index is 12.0. The summed E-state index contributed by atoms with van der Waals surface area (Å²) in [6.45, 7) is 0. The van der Waals surface area contributed by atoms with Crippen LogP contribution in [-0.4, -0.2) is 15.9 Å². The maximum absolute atomic E-state index is 12.0. The number of hydrogen-bond acceptors (Lipinski definition) is 4. The number of aromatic hydroxyl groups is 1. The summed E-state index contributed by atoms with van der Waals surface area (Å²) in [5, 5.41) is 23.2. The van der Waals surface area contributed by atoms with E-state index in [1.165, 1.54) is 18.2 Å². The van der Waals surface area contributed by atoms with Crippen molar-refractivity contribution in [1.82, 2.24) is 0 Å². The van der Waals surface area contributed by atoms with Crippen LogP contribution < -0.4 is 5.32 Å². The van der Waals surface area contributed by atoms with Gasteiger partial charge in [0.05, 0.1) is 10.6 Å². The number of carbonyl (C=O) groups excluding carboxylic acids is 1. The molecule has 0 spiro atoms. The van der Waals surface area contributed by atoms with Crippen LogP contribution in [0.15, 0.2) is 36.4 Å². The predicted octanol–water partition coefficient (Wildman–Crippen LogP) is 3.86. The van der Waals surface area contributed by atoms with Gasteiger partial charge in [-0.3, -0.25) is 14.9 Å². The Labute approximate surface area is 129 Å². The molecule has 0 atom stereocenters. The molecule has 0 saturated heterocycles. The van der Waals surface area contributed by atoms with Crippen molar-refractivity contribution < 1.29 is 14.8 Å². The highest BCUT2D eigenvalue weighted by atomic mass is 35.5. The smallest absolute Gasteiger partial charge is 0.271 e. The molecule has 2 rings (SSSR count). The molecule has 2 aromatic carbocycles. The Hall–Kier alpha value is -2.31. The van der Waals surface area contributed by atoms with Crippen molar-refractivity contribution in [2.45, 2.75) is 0 Å². The van der Waals surface area contributed by atoms with Gasteiger partial charge in [0.15, 0.2) is 0 Å². The van der Waals surface area contributed by atoms with Gasteiger partial charge in [-0.1, -0.05) is 23.2 Å². The third-order valence-electron chi connectivity index (χ3n) is 2.56. The number of halogens is 2. The lowest BCUT2D eigenvalue weighted by Gasteiger charge is -2.08. The Morgan fingerprint density at radius 1 is 1.14 bits per heavy atom. The van der Waals surface area contributed by atoms with E-state index in [-0.39, 0.29) is 32.7 Å². The van der Waals surface area contributed by atoms with E-state index in [0.29, 0.717) is 0 Å². The number of nitro groups is 1. The van der Waals surface area contributed by atoms with E-state index < -0.39 is 10.8 Å². The number of phenols is 1. The van der Waals surface area contributed by atoms with Crippen LogP contribution in [0.25, 0.3) is 0 Å². The fourth-order valence-corrected chi connectivity index (χ4v) is 2.14. The average molecular weight is 327 g/mol. The van der Waals surface area contributed by atoms with Crippen molar-refractivity contribution in [3.8, 4) is 5.75 Å². The first-order valence-corrected chi connectivity index (χ1v) is 6.37. The number of phenolic OH excluding ortho intramolecular Hbond substituents is 1. The molecule has 21 heavy (non-hydrogen) atoms. The third kappa shape index (κ3) is 3.62. The summed E-state index contributed by atoms with van der Waals surface area (Å²) < 4.78 is 0. The van der Waals surface area contributed by atoms with E-state index >= 15 is 0 Å². The number of anilines is 1. The van der Waals surface area contributed by atoms with E-state index in [4.69, 9.17) is 23.2 Å². The van der Waals surface area contributed by atoms with Gasteiger partial charge in [-0.25, -0.2) is 0 Å². The Morgan fingerprint density at radius 3 is 2.33 bits per heavy atom. The van der Waals surface area contributed by atoms with Crippen LogP contribution in [0.5, 0.6) is 5.75 Å². The SMILES string of the molecule is O=C(Nc1cc([N+](=O)[O-])ccc1O)c1cc(Cl)cc(Cl)c1. The Morgan fingerprint density at radius 2 is 1.76 bits per heavy atom. The molecule has 0 unspecified atom stereocenters. The first kappa shape index (κ1) is 15.1. The predicted molar refractivity (Wildman–Crippen MR) is 79.2 cm³/mol. The first-order valence-electron chi connectivity index (χ1n) is 5.61. The minimum Gasteiger partial charge on any atom is -0.506 e.